The van der Waals surface area contributed by atoms with Gasteiger partial charge in [-0.3, -0.25) is 4.90 Å². The summed E-state index contributed by atoms with van der Waals surface area (Å²) < 4.78 is 5.76. The van der Waals surface area contributed by atoms with Gasteiger partial charge in [-0.25, -0.2) is 0 Å². The Bertz CT molecular complexity index is 367. The second kappa shape index (κ2) is 7.49. The van der Waals surface area contributed by atoms with Crippen LogP contribution in [0.2, 0.25) is 5.02 Å². The summed E-state index contributed by atoms with van der Waals surface area (Å²) >= 11 is 9.39. The monoisotopic (exact) mass is 331 g/mol. The first-order chi connectivity index (χ1) is 8.78. The lowest BCUT2D eigenvalue weighted by Gasteiger charge is -2.31. The number of rotatable bonds is 5. The van der Waals surface area contributed by atoms with Crippen LogP contribution in [-0.4, -0.2) is 36.0 Å². The van der Waals surface area contributed by atoms with Gasteiger partial charge in [0, 0.05) is 30.0 Å². The van der Waals surface area contributed by atoms with Crippen molar-refractivity contribution in [1.29, 1.82) is 0 Å². The molecule has 0 aliphatic carbocycles. The smallest absolute Gasteiger partial charge is 0.0599 e. The van der Waals surface area contributed by atoms with Gasteiger partial charge >= 0.3 is 0 Å². The van der Waals surface area contributed by atoms with Crippen LogP contribution in [0.15, 0.2) is 24.3 Å². The number of halogens is 2. The Morgan fingerprint density at radius 1 is 1.33 bits per heavy atom. The standard InChI is InChI=1S/C14H19BrClNO/c15-6-9-18-14-4-7-17(8-5-14)11-12-2-1-3-13(16)10-12/h1-3,10,14H,4-9,11H2. The van der Waals surface area contributed by atoms with Gasteiger partial charge in [0.2, 0.25) is 0 Å². The van der Waals surface area contributed by atoms with Crippen LogP contribution in [-0.2, 0) is 11.3 Å². The molecule has 0 bridgehead atoms. The van der Waals surface area contributed by atoms with Crippen LogP contribution in [0.3, 0.4) is 0 Å². The van der Waals surface area contributed by atoms with E-state index >= 15 is 0 Å². The third kappa shape index (κ3) is 4.54. The number of benzene rings is 1. The average Bonchev–Trinajstić information content (AvgIpc) is 2.38. The third-order valence-corrected chi connectivity index (χ3v) is 3.82. The number of hydrogen-bond acceptors (Lipinski definition) is 2. The molecule has 1 aromatic rings. The Morgan fingerprint density at radius 3 is 2.78 bits per heavy atom. The van der Waals surface area contributed by atoms with E-state index in [0.29, 0.717) is 6.10 Å². The van der Waals surface area contributed by atoms with Crippen molar-refractivity contribution in [3.05, 3.63) is 34.9 Å². The second-order valence-corrected chi connectivity index (χ2v) is 5.89. The van der Waals surface area contributed by atoms with E-state index in [1.807, 2.05) is 12.1 Å². The van der Waals surface area contributed by atoms with Crippen LogP contribution in [0.4, 0.5) is 0 Å². The van der Waals surface area contributed by atoms with E-state index in [9.17, 15) is 0 Å². The number of ether oxygens (including phenoxy) is 1. The van der Waals surface area contributed by atoms with Crippen molar-refractivity contribution in [3.8, 4) is 0 Å². The molecule has 1 heterocycles. The number of likely N-dealkylation sites (tertiary alicyclic amines) is 1. The molecule has 0 N–H and O–H groups in total. The van der Waals surface area contributed by atoms with Gasteiger partial charge in [0.05, 0.1) is 12.7 Å². The molecule has 2 nitrogen and oxygen atoms in total. The van der Waals surface area contributed by atoms with Crippen LogP contribution < -0.4 is 0 Å². The van der Waals surface area contributed by atoms with E-state index in [0.717, 1.165) is 49.4 Å². The first-order valence-electron chi connectivity index (χ1n) is 6.42. The van der Waals surface area contributed by atoms with Crippen molar-refractivity contribution in [2.75, 3.05) is 25.0 Å². The van der Waals surface area contributed by atoms with Crippen LogP contribution >= 0.6 is 27.5 Å². The summed E-state index contributed by atoms with van der Waals surface area (Å²) in [4.78, 5) is 2.47. The summed E-state index contributed by atoms with van der Waals surface area (Å²) in [6.07, 6.45) is 2.71. The normalized spacial score (nSPS) is 18.1. The predicted molar refractivity (Wildman–Crippen MR) is 79.5 cm³/mol. The Kier molecular flexibility index (Phi) is 5.96. The van der Waals surface area contributed by atoms with Gasteiger partial charge in [-0.05, 0) is 30.5 Å². The maximum Gasteiger partial charge on any atom is 0.0599 e. The van der Waals surface area contributed by atoms with Gasteiger partial charge in [0.25, 0.3) is 0 Å². The van der Waals surface area contributed by atoms with Crippen LogP contribution in [0.25, 0.3) is 0 Å². The van der Waals surface area contributed by atoms with Crippen molar-refractivity contribution < 1.29 is 4.74 Å². The average molecular weight is 333 g/mol. The van der Waals surface area contributed by atoms with Crippen LogP contribution in [0.5, 0.6) is 0 Å². The minimum Gasteiger partial charge on any atom is -0.377 e. The first kappa shape index (κ1) is 14.3. The molecule has 1 saturated heterocycles. The summed E-state index contributed by atoms with van der Waals surface area (Å²) in [6.45, 7) is 4.03. The van der Waals surface area contributed by atoms with E-state index in [4.69, 9.17) is 16.3 Å². The molecule has 100 valence electrons. The second-order valence-electron chi connectivity index (χ2n) is 4.67. The molecule has 0 amide bonds. The molecule has 0 radical (unpaired) electrons. The highest BCUT2D eigenvalue weighted by molar-refractivity contribution is 9.09. The number of alkyl halides is 1. The zero-order valence-electron chi connectivity index (χ0n) is 10.4. The highest BCUT2D eigenvalue weighted by Gasteiger charge is 2.19. The van der Waals surface area contributed by atoms with Gasteiger partial charge in [0.1, 0.15) is 0 Å². The molecule has 1 fully saturated rings. The maximum absolute atomic E-state index is 6.00. The lowest BCUT2D eigenvalue weighted by Crippen LogP contribution is -2.36. The highest BCUT2D eigenvalue weighted by atomic mass is 79.9. The molecule has 4 heteroatoms. The molecule has 0 spiro atoms. The summed E-state index contributed by atoms with van der Waals surface area (Å²) in [5, 5.41) is 1.75. The van der Waals surface area contributed by atoms with Crippen molar-refractivity contribution >= 4 is 27.5 Å². The molecule has 0 unspecified atom stereocenters. The van der Waals surface area contributed by atoms with Crippen LogP contribution in [0, 0.1) is 0 Å². The zero-order valence-corrected chi connectivity index (χ0v) is 12.8. The van der Waals surface area contributed by atoms with Gasteiger partial charge in [-0.15, -0.1) is 0 Å². The summed E-state index contributed by atoms with van der Waals surface area (Å²) in [5.74, 6) is 0. The largest absolute Gasteiger partial charge is 0.377 e. The molecule has 18 heavy (non-hydrogen) atoms. The molecule has 2 rings (SSSR count). The Balaban J connectivity index is 1.76. The first-order valence-corrected chi connectivity index (χ1v) is 7.92. The fourth-order valence-corrected chi connectivity index (χ4v) is 2.74. The van der Waals surface area contributed by atoms with E-state index < -0.39 is 0 Å². The van der Waals surface area contributed by atoms with Gasteiger partial charge in [-0.2, -0.15) is 0 Å². The molecule has 1 aromatic carbocycles. The lowest BCUT2D eigenvalue weighted by atomic mass is 10.1. The topological polar surface area (TPSA) is 12.5 Å². The fraction of sp³-hybridized carbons (Fsp3) is 0.571. The number of piperidine rings is 1. The molecular weight excluding hydrogens is 314 g/mol. The number of hydrogen-bond donors (Lipinski definition) is 0. The summed E-state index contributed by atoms with van der Waals surface area (Å²) in [7, 11) is 0. The molecule has 1 aliphatic rings. The highest BCUT2D eigenvalue weighted by Crippen LogP contribution is 2.18. The lowest BCUT2D eigenvalue weighted by molar-refractivity contribution is 0.0141. The van der Waals surface area contributed by atoms with E-state index in [-0.39, 0.29) is 0 Å². The van der Waals surface area contributed by atoms with Crippen molar-refractivity contribution in [1.82, 2.24) is 4.90 Å². The maximum atomic E-state index is 6.00. The quantitative estimate of drug-likeness (QED) is 0.762. The van der Waals surface area contributed by atoms with E-state index in [2.05, 4.69) is 33.0 Å². The Morgan fingerprint density at radius 2 is 2.11 bits per heavy atom. The fourth-order valence-electron chi connectivity index (χ4n) is 2.34. The van der Waals surface area contributed by atoms with Gasteiger partial charge in [-0.1, -0.05) is 39.7 Å². The van der Waals surface area contributed by atoms with Crippen LogP contribution in [0.1, 0.15) is 18.4 Å². The summed E-state index contributed by atoms with van der Waals surface area (Å²) in [6, 6.07) is 8.13. The Hall–Kier alpha value is -0.0900. The van der Waals surface area contributed by atoms with Crippen molar-refractivity contribution in [2.24, 2.45) is 0 Å². The van der Waals surface area contributed by atoms with Crippen molar-refractivity contribution in [3.63, 3.8) is 0 Å². The minimum atomic E-state index is 0.443. The third-order valence-electron chi connectivity index (χ3n) is 3.26. The minimum absolute atomic E-state index is 0.443. The summed E-state index contributed by atoms with van der Waals surface area (Å²) in [5.41, 5.74) is 1.29. The predicted octanol–water partition coefficient (Wildman–Crippen LogP) is 3.72. The molecular formula is C14H19BrClNO. The number of nitrogens with zero attached hydrogens (tertiary/aromatic N) is 1. The molecule has 0 saturated carbocycles. The van der Waals surface area contributed by atoms with E-state index in [1.54, 1.807) is 0 Å². The molecule has 0 aromatic heterocycles. The van der Waals surface area contributed by atoms with Gasteiger partial charge in [0.15, 0.2) is 0 Å². The molecule has 1 aliphatic heterocycles. The van der Waals surface area contributed by atoms with Crippen molar-refractivity contribution in [2.45, 2.75) is 25.5 Å². The zero-order chi connectivity index (χ0) is 12.8. The molecule has 0 atom stereocenters. The SMILES string of the molecule is Clc1cccc(CN2CCC(OCCBr)CC2)c1. The van der Waals surface area contributed by atoms with Gasteiger partial charge < -0.3 is 4.74 Å². The van der Waals surface area contributed by atoms with E-state index in [1.165, 1.54) is 5.56 Å². The Labute approximate surface area is 122 Å².